The van der Waals surface area contributed by atoms with Crippen molar-refractivity contribution in [3.63, 3.8) is 0 Å². The molecule has 0 spiro atoms. The summed E-state index contributed by atoms with van der Waals surface area (Å²) in [6.45, 7) is 5.48. The van der Waals surface area contributed by atoms with Gasteiger partial charge in [0.05, 0.1) is 5.69 Å². The van der Waals surface area contributed by atoms with Crippen molar-refractivity contribution in [3.8, 4) is 0 Å². The van der Waals surface area contributed by atoms with Gasteiger partial charge in [0, 0.05) is 18.0 Å². The van der Waals surface area contributed by atoms with Gasteiger partial charge in [-0.25, -0.2) is 4.98 Å². The van der Waals surface area contributed by atoms with Crippen LogP contribution in [-0.4, -0.2) is 15.2 Å². The van der Waals surface area contributed by atoms with Crippen molar-refractivity contribution in [2.45, 2.75) is 20.8 Å². The molecule has 0 aliphatic rings. The number of hydrogen-bond donors (Lipinski definition) is 0. The molecule has 0 bridgehead atoms. The normalized spacial score (nSPS) is 10.8. The Labute approximate surface area is 82.4 Å². The Hall–Kier alpha value is -1.64. The van der Waals surface area contributed by atoms with Crippen molar-refractivity contribution in [2.24, 2.45) is 0 Å². The van der Waals surface area contributed by atoms with E-state index in [1.54, 1.807) is 6.92 Å². The van der Waals surface area contributed by atoms with E-state index in [0.717, 1.165) is 22.5 Å². The predicted molar refractivity (Wildman–Crippen MR) is 54.7 cm³/mol. The molecule has 2 aromatic heterocycles. The number of hydrogen-bond acceptors (Lipinski definition) is 2. The highest BCUT2D eigenvalue weighted by Crippen LogP contribution is 2.13. The first-order valence-corrected chi connectivity index (χ1v) is 4.55. The minimum atomic E-state index is 0.0846. The Morgan fingerprint density at radius 2 is 2.07 bits per heavy atom. The molecular formula is C11H12N2O. The Kier molecular flexibility index (Phi) is 1.88. The molecule has 2 rings (SSSR count). The predicted octanol–water partition coefficient (Wildman–Crippen LogP) is 2.15. The van der Waals surface area contributed by atoms with Crippen LogP contribution < -0.4 is 0 Å². The molecule has 0 aliphatic carbocycles. The average Bonchev–Trinajstić information content (AvgIpc) is 2.45. The minimum Gasteiger partial charge on any atom is -0.306 e. The summed E-state index contributed by atoms with van der Waals surface area (Å²) in [5.41, 5.74) is 3.65. The molecular weight excluding hydrogens is 176 g/mol. The third kappa shape index (κ3) is 1.31. The zero-order valence-corrected chi connectivity index (χ0v) is 8.53. The highest BCUT2D eigenvalue weighted by atomic mass is 16.1. The highest BCUT2D eigenvalue weighted by Gasteiger charge is 2.06. The van der Waals surface area contributed by atoms with Gasteiger partial charge in [0.1, 0.15) is 5.65 Å². The number of aromatic nitrogens is 2. The van der Waals surface area contributed by atoms with Gasteiger partial charge in [0.25, 0.3) is 0 Å². The second-order valence-corrected chi connectivity index (χ2v) is 3.58. The number of nitrogens with zero attached hydrogens (tertiary/aromatic N) is 2. The number of pyridine rings is 1. The molecule has 0 fully saturated rings. The van der Waals surface area contributed by atoms with E-state index in [1.807, 2.05) is 36.7 Å². The SMILES string of the molecule is CC(=O)c1cc(C)c2nc(C)cn2c1. The van der Waals surface area contributed by atoms with Crippen LogP contribution in [0.3, 0.4) is 0 Å². The standard InChI is InChI=1S/C11H12N2O/c1-7-4-10(9(3)14)6-13-5-8(2)12-11(7)13/h4-6H,1-3H3. The maximum Gasteiger partial charge on any atom is 0.161 e. The van der Waals surface area contributed by atoms with E-state index in [4.69, 9.17) is 0 Å². The van der Waals surface area contributed by atoms with E-state index in [2.05, 4.69) is 4.98 Å². The summed E-state index contributed by atoms with van der Waals surface area (Å²) in [6, 6.07) is 1.88. The van der Waals surface area contributed by atoms with Gasteiger partial charge in [-0.2, -0.15) is 0 Å². The summed E-state index contributed by atoms with van der Waals surface area (Å²) >= 11 is 0. The van der Waals surface area contributed by atoms with Crippen molar-refractivity contribution in [3.05, 3.63) is 35.3 Å². The van der Waals surface area contributed by atoms with Crippen molar-refractivity contribution < 1.29 is 4.79 Å². The second-order valence-electron chi connectivity index (χ2n) is 3.58. The van der Waals surface area contributed by atoms with Gasteiger partial charge in [0.15, 0.2) is 5.78 Å². The van der Waals surface area contributed by atoms with Crippen LogP contribution in [-0.2, 0) is 0 Å². The Balaban J connectivity index is 2.77. The number of rotatable bonds is 1. The number of Topliss-reactive ketones (excluding diaryl/α,β-unsaturated/α-hetero) is 1. The number of carbonyl (C=O) groups excluding carboxylic acids is 1. The summed E-state index contributed by atoms with van der Waals surface area (Å²) in [7, 11) is 0. The largest absolute Gasteiger partial charge is 0.306 e. The first-order chi connectivity index (χ1) is 6.58. The van der Waals surface area contributed by atoms with Gasteiger partial charge in [-0.15, -0.1) is 0 Å². The molecule has 0 aromatic carbocycles. The number of fused-ring (bicyclic) bond motifs is 1. The zero-order valence-electron chi connectivity index (χ0n) is 8.53. The van der Waals surface area contributed by atoms with Gasteiger partial charge in [0.2, 0.25) is 0 Å². The lowest BCUT2D eigenvalue weighted by Crippen LogP contribution is -1.97. The zero-order chi connectivity index (χ0) is 10.3. The number of aryl methyl sites for hydroxylation is 2. The summed E-state index contributed by atoms with van der Waals surface area (Å²) in [4.78, 5) is 15.6. The lowest BCUT2D eigenvalue weighted by atomic mass is 10.1. The van der Waals surface area contributed by atoms with Crippen LogP contribution in [0.5, 0.6) is 0 Å². The molecule has 0 aliphatic heterocycles. The van der Waals surface area contributed by atoms with E-state index >= 15 is 0 Å². The smallest absolute Gasteiger partial charge is 0.161 e. The number of ketones is 1. The highest BCUT2D eigenvalue weighted by molar-refractivity contribution is 5.94. The summed E-state index contributed by atoms with van der Waals surface area (Å²) < 4.78 is 1.90. The number of imidazole rings is 1. The fraction of sp³-hybridized carbons (Fsp3) is 0.273. The fourth-order valence-corrected chi connectivity index (χ4v) is 1.58. The molecule has 3 heteroatoms. The van der Waals surface area contributed by atoms with Crippen LogP contribution in [0.1, 0.15) is 28.5 Å². The second kappa shape index (κ2) is 2.94. The van der Waals surface area contributed by atoms with E-state index in [-0.39, 0.29) is 5.78 Å². The first-order valence-electron chi connectivity index (χ1n) is 4.55. The monoisotopic (exact) mass is 188 g/mol. The molecule has 0 saturated carbocycles. The molecule has 2 aromatic rings. The molecule has 0 N–H and O–H groups in total. The maximum atomic E-state index is 11.2. The molecule has 0 amide bonds. The summed E-state index contributed by atoms with van der Waals surface area (Å²) in [6.07, 6.45) is 3.75. The van der Waals surface area contributed by atoms with Gasteiger partial charge < -0.3 is 4.40 Å². The average molecular weight is 188 g/mol. The topological polar surface area (TPSA) is 34.4 Å². The Morgan fingerprint density at radius 1 is 1.36 bits per heavy atom. The van der Waals surface area contributed by atoms with Crippen LogP contribution >= 0.6 is 0 Å². The van der Waals surface area contributed by atoms with Gasteiger partial charge in [-0.1, -0.05) is 0 Å². The van der Waals surface area contributed by atoms with Crippen LogP contribution in [0.25, 0.3) is 5.65 Å². The van der Waals surface area contributed by atoms with Crippen LogP contribution in [0.2, 0.25) is 0 Å². The van der Waals surface area contributed by atoms with E-state index < -0.39 is 0 Å². The molecule has 3 nitrogen and oxygen atoms in total. The van der Waals surface area contributed by atoms with E-state index in [0.29, 0.717) is 0 Å². The molecule has 0 atom stereocenters. The summed E-state index contributed by atoms with van der Waals surface area (Å²) in [5, 5.41) is 0. The minimum absolute atomic E-state index is 0.0846. The van der Waals surface area contributed by atoms with Gasteiger partial charge >= 0.3 is 0 Å². The summed E-state index contributed by atoms with van der Waals surface area (Å²) in [5.74, 6) is 0.0846. The van der Waals surface area contributed by atoms with Crippen LogP contribution in [0.4, 0.5) is 0 Å². The Bertz CT molecular complexity index is 511. The third-order valence-corrected chi connectivity index (χ3v) is 2.26. The molecule has 2 heterocycles. The molecule has 14 heavy (non-hydrogen) atoms. The molecule has 0 saturated heterocycles. The number of carbonyl (C=O) groups is 1. The Morgan fingerprint density at radius 3 is 2.71 bits per heavy atom. The van der Waals surface area contributed by atoms with Gasteiger partial charge in [-0.3, -0.25) is 4.79 Å². The van der Waals surface area contributed by atoms with Crippen LogP contribution in [0.15, 0.2) is 18.5 Å². The van der Waals surface area contributed by atoms with Crippen molar-refractivity contribution >= 4 is 11.4 Å². The van der Waals surface area contributed by atoms with Crippen LogP contribution in [0, 0.1) is 13.8 Å². The lowest BCUT2D eigenvalue weighted by Gasteiger charge is -2.01. The lowest BCUT2D eigenvalue weighted by molar-refractivity contribution is 0.101. The molecule has 0 unspecified atom stereocenters. The van der Waals surface area contributed by atoms with E-state index in [1.165, 1.54) is 0 Å². The van der Waals surface area contributed by atoms with Crippen molar-refractivity contribution in [1.82, 2.24) is 9.38 Å². The van der Waals surface area contributed by atoms with Gasteiger partial charge in [-0.05, 0) is 32.4 Å². The van der Waals surface area contributed by atoms with Crippen molar-refractivity contribution in [2.75, 3.05) is 0 Å². The molecule has 72 valence electrons. The first kappa shape index (κ1) is 8.94. The maximum absolute atomic E-state index is 11.2. The quantitative estimate of drug-likeness (QED) is 0.642. The third-order valence-electron chi connectivity index (χ3n) is 2.26. The molecule has 0 radical (unpaired) electrons. The van der Waals surface area contributed by atoms with E-state index in [9.17, 15) is 4.79 Å². The van der Waals surface area contributed by atoms with Crippen molar-refractivity contribution in [1.29, 1.82) is 0 Å². The fourth-order valence-electron chi connectivity index (χ4n) is 1.58.